The minimum Gasteiger partial charge on any atom is -0.374 e. The zero-order valence-corrected chi connectivity index (χ0v) is 8.11. The van der Waals surface area contributed by atoms with E-state index in [9.17, 15) is 4.79 Å². The molecule has 0 aromatic heterocycles. The van der Waals surface area contributed by atoms with Crippen molar-refractivity contribution in [3.63, 3.8) is 0 Å². The maximum absolute atomic E-state index is 10.5. The lowest BCUT2D eigenvalue weighted by Crippen LogP contribution is -2.01. The Hall–Kier alpha value is -1.15. The van der Waals surface area contributed by atoms with Crippen molar-refractivity contribution in [3.8, 4) is 0 Å². The molecule has 1 saturated heterocycles. The average Bonchev–Trinajstić information content (AvgIpc) is 2.72. The number of carbonyl (C=O) groups is 1. The third kappa shape index (κ3) is 1.85. The molecule has 1 aliphatic heterocycles. The van der Waals surface area contributed by atoms with Crippen LogP contribution in [0.15, 0.2) is 24.3 Å². The molecule has 14 heavy (non-hydrogen) atoms. The quantitative estimate of drug-likeness (QED) is 0.683. The van der Waals surface area contributed by atoms with Crippen LogP contribution in [-0.2, 0) is 16.0 Å². The van der Waals surface area contributed by atoms with Gasteiger partial charge in [-0.15, -0.1) is 0 Å². The third-order valence-electron chi connectivity index (χ3n) is 2.63. The highest BCUT2D eigenvalue weighted by molar-refractivity contribution is 5.56. The van der Waals surface area contributed by atoms with E-state index in [-0.39, 0.29) is 6.10 Å². The van der Waals surface area contributed by atoms with E-state index < -0.39 is 0 Å². The van der Waals surface area contributed by atoms with Crippen molar-refractivity contribution in [2.75, 3.05) is 6.61 Å². The highest BCUT2D eigenvalue weighted by atomic mass is 16.5. The number of benzene rings is 1. The molecule has 1 aromatic carbocycles. The molecule has 0 N–H and O–H groups in total. The fraction of sp³-hybridized carbons (Fsp3) is 0.417. The summed E-state index contributed by atoms with van der Waals surface area (Å²) in [4.78, 5) is 10.5. The molecule has 2 heteroatoms. The minimum atomic E-state index is 0.214. The molecule has 0 radical (unpaired) electrons. The topological polar surface area (TPSA) is 26.3 Å². The van der Waals surface area contributed by atoms with Gasteiger partial charge in [0.25, 0.3) is 0 Å². The Balaban J connectivity index is 2.25. The van der Waals surface area contributed by atoms with Crippen LogP contribution in [0, 0.1) is 0 Å². The first-order valence-corrected chi connectivity index (χ1v) is 5.05. The van der Waals surface area contributed by atoms with Crippen LogP contribution >= 0.6 is 0 Å². The van der Waals surface area contributed by atoms with E-state index in [0.717, 1.165) is 31.3 Å². The standard InChI is InChI=1S/C12H14O2/c13-8-7-10-4-1-2-5-11(10)12-6-3-9-14-12/h1-2,4-5,8,12H,3,6-7,9H2. The van der Waals surface area contributed by atoms with Crippen molar-refractivity contribution in [2.24, 2.45) is 0 Å². The van der Waals surface area contributed by atoms with Gasteiger partial charge >= 0.3 is 0 Å². The molecule has 2 rings (SSSR count). The fourth-order valence-corrected chi connectivity index (χ4v) is 1.95. The third-order valence-corrected chi connectivity index (χ3v) is 2.63. The second kappa shape index (κ2) is 4.38. The molecule has 1 fully saturated rings. The molecule has 0 aliphatic carbocycles. The van der Waals surface area contributed by atoms with Crippen LogP contribution in [0.3, 0.4) is 0 Å². The van der Waals surface area contributed by atoms with E-state index in [4.69, 9.17) is 4.74 Å². The second-order valence-corrected chi connectivity index (χ2v) is 3.57. The van der Waals surface area contributed by atoms with E-state index in [1.807, 2.05) is 18.2 Å². The first kappa shape index (κ1) is 9.41. The maximum Gasteiger partial charge on any atom is 0.124 e. The van der Waals surface area contributed by atoms with Gasteiger partial charge in [-0.1, -0.05) is 24.3 Å². The van der Waals surface area contributed by atoms with Crippen LogP contribution < -0.4 is 0 Å². The molecule has 2 nitrogen and oxygen atoms in total. The first-order chi connectivity index (χ1) is 6.92. The zero-order chi connectivity index (χ0) is 9.80. The normalized spacial score (nSPS) is 21.0. The summed E-state index contributed by atoms with van der Waals surface area (Å²) in [6.07, 6.45) is 3.87. The summed E-state index contributed by atoms with van der Waals surface area (Å²) in [6.45, 7) is 0.847. The predicted molar refractivity (Wildman–Crippen MR) is 54.1 cm³/mol. The van der Waals surface area contributed by atoms with Gasteiger partial charge in [0.2, 0.25) is 0 Å². The molecule has 1 aliphatic rings. The van der Waals surface area contributed by atoms with Crippen molar-refractivity contribution in [3.05, 3.63) is 35.4 Å². The van der Waals surface area contributed by atoms with Gasteiger partial charge in [-0.05, 0) is 24.0 Å². The number of rotatable bonds is 3. The first-order valence-electron chi connectivity index (χ1n) is 5.05. The summed E-state index contributed by atoms with van der Waals surface area (Å²) in [6, 6.07) is 8.04. The van der Waals surface area contributed by atoms with Crippen LogP contribution in [0.25, 0.3) is 0 Å². The molecule has 1 aromatic rings. The van der Waals surface area contributed by atoms with Gasteiger partial charge in [0.1, 0.15) is 6.29 Å². The number of hydrogen-bond donors (Lipinski definition) is 0. The van der Waals surface area contributed by atoms with Crippen LogP contribution in [0.1, 0.15) is 30.1 Å². The lowest BCUT2D eigenvalue weighted by Gasteiger charge is -2.13. The highest BCUT2D eigenvalue weighted by Gasteiger charge is 2.19. The van der Waals surface area contributed by atoms with Gasteiger partial charge in [0.05, 0.1) is 6.10 Å². The number of hydrogen-bond acceptors (Lipinski definition) is 2. The molecule has 0 bridgehead atoms. The largest absolute Gasteiger partial charge is 0.374 e. The lowest BCUT2D eigenvalue weighted by atomic mass is 9.99. The van der Waals surface area contributed by atoms with Crippen molar-refractivity contribution in [1.29, 1.82) is 0 Å². The van der Waals surface area contributed by atoms with Gasteiger partial charge < -0.3 is 9.53 Å². The molecule has 74 valence electrons. The van der Waals surface area contributed by atoms with E-state index in [1.165, 1.54) is 5.56 Å². The molecular formula is C12H14O2. The van der Waals surface area contributed by atoms with Gasteiger partial charge in [-0.2, -0.15) is 0 Å². The fourth-order valence-electron chi connectivity index (χ4n) is 1.95. The zero-order valence-electron chi connectivity index (χ0n) is 8.11. The Kier molecular flexibility index (Phi) is 2.94. The molecule has 0 amide bonds. The summed E-state index contributed by atoms with van der Waals surface area (Å²) in [5.41, 5.74) is 2.30. The molecule has 1 atom stereocenters. The molecule has 1 heterocycles. The summed E-state index contributed by atoms with van der Waals surface area (Å²) < 4.78 is 5.61. The number of ether oxygens (including phenoxy) is 1. The molecule has 1 unspecified atom stereocenters. The second-order valence-electron chi connectivity index (χ2n) is 3.57. The molecule has 0 spiro atoms. The highest BCUT2D eigenvalue weighted by Crippen LogP contribution is 2.30. The van der Waals surface area contributed by atoms with Crippen LogP contribution in [-0.4, -0.2) is 12.9 Å². The number of carbonyl (C=O) groups excluding carboxylic acids is 1. The Morgan fingerprint density at radius 1 is 1.43 bits per heavy atom. The number of aldehydes is 1. The van der Waals surface area contributed by atoms with Gasteiger partial charge in [0.15, 0.2) is 0 Å². The smallest absolute Gasteiger partial charge is 0.124 e. The van der Waals surface area contributed by atoms with Crippen LogP contribution in [0.4, 0.5) is 0 Å². The van der Waals surface area contributed by atoms with Crippen molar-refractivity contribution >= 4 is 6.29 Å². The Morgan fingerprint density at radius 3 is 3.00 bits per heavy atom. The van der Waals surface area contributed by atoms with E-state index >= 15 is 0 Å². The van der Waals surface area contributed by atoms with Crippen LogP contribution in [0.2, 0.25) is 0 Å². The molecular weight excluding hydrogens is 176 g/mol. The van der Waals surface area contributed by atoms with E-state index in [0.29, 0.717) is 6.42 Å². The summed E-state index contributed by atoms with van der Waals surface area (Å²) in [5, 5.41) is 0. The van der Waals surface area contributed by atoms with Gasteiger partial charge in [0, 0.05) is 13.0 Å². The summed E-state index contributed by atoms with van der Waals surface area (Å²) >= 11 is 0. The Bertz CT molecular complexity index is 314. The Labute approximate surface area is 83.9 Å². The van der Waals surface area contributed by atoms with Crippen LogP contribution in [0.5, 0.6) is 0 Å². The molecule has 0 saturated carbocycles. The monoisotopic (exact) mass is 190 g/mol. The van der Waals surface area contributed by atoms with Gasteiger partial charge in [-0.25, -0.2) is 0 Å². The van der Waals surface area contributed by atoms with Crippen molar-refractivity contribution < 1.29 is 9.53 Å². The van der Waals surface area contributed by atoms with E-state index in [2.05, 4.69) is 6.07 Å². The minimum absolute atomic E-state index is 0.214. The van der Waals surface area contributed by atoms with E-state index in [1.54, 1.807) is 0 Å². The lowest BCUT2D eigenvalue weighted by molar-refractivity contribution is -0.107. The van der Waals surface area contributed by atoms with Gasteiger partial charge in [-0.3, -0.25) is 0 Å². The SMILES string of the molecule is O=CCc1ccccc1C1CCCO1. The van der Waals surface area contributed by atoms with Crippen molar-refractivity contribution in [2.45, 2.75) is 25.4 Å². The predicted octanol–water partition coefficient (Wildman–Crippen LogP) is 2.28. The maximum atomic E-state index is 10.5. The Morgan fingerprint density at radius 2 is 2.29 bits per heavy atom. The average molecular weight is 190 g/mol. The summed E-state index contributed by atoms with van der Waals surface area (Å²) in [5.74, 6) is 0. The van der Waals surface area contributed by atoms with Crippen molar-refractivity contribution in [1.82, 2.24) is 0 Å². The summed E-state index contributed by atoms with van der Waals surface area (Å²) in [7, 11) is 0.